The summed E-state index contributed by atoms with van der Waals surface area (Å²) >= 11 is 0. The standard InChI is InChI=1S/C14H17N3O3/c15-8-2-1-3-9-16-14(20)17-10-11-4-6-12(7-5-11)13(18)19/h4-7H,1-3,9-10H2,(H,18,19)(H2,16,17,20). The quantitative estimate of drug-likeness (QED) is 0.661. The summed E-state index contributed by atoms with van der Waals surface area (Å²) in [5, 5.41) is 22.5. The van der Waals surface area contributed by atoms with Crippen molar-refractivity contribution in [2.75, 3.05) is 6.54 Å². The molecular weight excluding hydrogens is 258 g/mol. The Hall–Kier alpha value is -2.55. The molecule has 0 spiro atoms. The summed E-state index contributed by atoms with van der Waals surface area (Å²) in [5.74, 6) is -0.973. The summed E-state index contributed by atoms with van der Waals surface area (Å²) in [6, 6.07) is 8.10. The number of carboxylic acids is 1. The number of nitriles is 1. The van der Waals surface area contributed by atoms with Crippen molar-refractivity contribution in [3.63, 3.8) is 0 Å². The summed E-state index contributed by atoms with van der Waals surface area (Å²) in [7, 11) is 0. The van der Waals surface area contributed by atoms with E-state index >= 15 is 0 Å². The second-order valence-corrected chi connectivity index (χ2v) is 4.23. The molecule has 6 heteroatoms. The number of hydrogen-bond donors (Lipinski definition) is 3. The van der Waals surface area contributed by atoms with E-state index in [9.17, 15) is 9.59 Å². The zero-order valence-electron chi connectivity index (χ0n) is 11.1. The SMILES string of the molecule is N#CCCCCNC(=O)NCc1ccc(C(=O)O)cc1. The summed E-state index contributed by atoms with van der Waals surface area (Å²) in [6.07, 6.45) is 2.04. The molecule has 0 atom stereocenters. The average Bonchev–Trinajstić information content (AvgIpc) is 2.45. The minimum absolute atomic E-state index is 0.218. The highest BCUT2D eigenvalue weighted by Gasteiger charge is 2.03. The first kappa shape index (κ1) is 15.5. The Bertz CT molecular complexity index is 491. The van der Waals surface area contributed by atoms with Gasteiger partial charge in [0.1, 0.15) is 0 Å². The number of benzene rings is 1. The Kier molecular flexibility index (Phi) is 6.62. The number of unbranched alkanes of at least 4 members (excludes halogenated alkanes) is 2. The van der Waals surface area contributed by atoms with Gasteiger partial charge < -0.3 is 15.7 Å². The van der Waals surface area contributed by atoms with Gasteiger partial charge in [-0.1, -0.05) is 12.1 Å². The average molecular weight is 275 g/mol. The van der Waals surface area contributed by atoms with Gasteiger partial charge in [-0.15, -0.1) is 0 Å². The Morgan fingerprint density at radius 3 is 2.45 bits per heavy atom. The van der Waals surface area contributed by atoms with Gasteiger partial charge in [0.05, 0.1) is 11.6 Å². The van der Waals surface area contributed by atoms with E-state index in [1.165, 1.54) is 12.1 Å². The highest BCUT2D eigenvalue weighted by atomic mass is 16.4. The highest BCUT2D eigenvalue weighted by molar-refractivity contribution is 5.87. The number of carbonyl (C=O) groups excluding carboxylic acids is 1. The monoisotopic (exact) mass is 275 g/mol. The summed E-state index contributed by atoms with van der Waals surface area (Å²) < 4.78 is 0. The number of aromatic carboxylic acids is 1. The molecule has 0 saturated heterocycles. The number of carbonyl (C=O) groups is 2. The van der Waals surface area contributed by atoms with Gasteiger partial charge in [-0.3, -0.25) is 0 Å². The first-order valence-electron chi connectivity index (χ1n) is 6.34. The zero-order valence-corrected chi connectivity index (χ0v) is 11.1. The van der Waals surface area contributed by atoms with E-state index in [0.29, 0.717) is 19.5 Å². The summed E-state index contributed by atoms with van der Waals surface area (Å²) in [5.41, 5.74) is 1.05. The molecular formula is C14H17N3O3. The topological polar surface area (TPSA) is 102 Å². The van der Waals surface area contributed by atoms with Gasteiger partial charge >= 0.3 is 12.0 Å². The van der Waals surface area contributed by atoms with E-state index in [1.54, 1.807) is 12.1 Å². The smallest absolute Gasteiger partial charge is 0.335 e. The number of amides is 2. The number of nitrogens with one attached hydrogen (secondary N) is 2. The fourth-order valence-corrected chi connectivity index (χ4v) is 1.54. The molecule has 2 amide bonds. The van der Waals surface area contributed by atoms with Crippen LogP contribution in [0.1, 0.15) is 35.2 Å². The molecule has 0 bridgehead atoms. The van der Waals surface area contributed by atoms with Crippen molar-refractivity contribution < 1.29 is 14.7 Å². The lowest BCUT2D eigenvalue weighted by Crippen LogP contribution is -2.35. The molecule has 0 aromatic heterocycles. The summed E-state index contributed by atoms with van der Waals surface area (Å²) in [6.45, 7) is 0.870. The van der Waals surface area contributed by atoms with E-state index < -0.39 is 5.97 Å². The van der Waals surface area contributed by atoms with Crippen molar-refractivity contribution in [2.24, 2.45) is 0 Å². The van der Waals surface area contributed by atoms with E-state index in [-0.39, 0.29) is 11.6 Å². The molecule has 0 fully saturated rings. The third kappa shape index (κ3) is 5.87. The molecule has 0 heterocycles. The first-order valence-corrected chi connectivity index (χ1v) is 6.34. The van der Waals surface area contributed by atoms with Crippen molar-refractivity contribution in [1.82, 2.24) is 10.6 Å². The van der Waals surface area contributed by atoms with E-state index in [0.717, 1.165) is 18.4 Å². The second-order valence-electron chi connectivity index (χ2n) is 4.23. The zero-order chi connectivity index (χ0) is 14.8. The van der Waals surface area contributed by atoms with Crippen LogP contribution in [0.3, 0.4) is 0 Å². The van der Waals surface area contributed by atoms with Crippen LogP contribution in [0.2, 0.25) is 0 Å². The van der Waals surface area contributed by atoms with Crippen LogP contribution >= 0.6 is 0 Å². The van der Waals surface area contributed by atoms with E-state index in [4.69, 9.17) is 10.4 Å². The van der Waals surface area contributed by atoms with Gasteiger partial charge in [0, 0.05) is 19.5 Å². The second kappa shape index (κ2) is 8.53. The van der Waals surface area contributed by atoms with Crippen molar-refractivity contribution >= 4 is 12.0 Å². The van der Waals surface area contributed by atoms with Crippen LogP contribution in [0.15, 0.2) is 24.3 Å². The lowest BCUT2D eigenvalue weighted by molar-refractivity contribution is 0.0697. The molecule has 0 aliphatic carbocycles. The van der Waals surface area contributed by atoms with Crippen molar-refractivity contribution in [3.8, 4) is 6.07 Å². The Balaban J connectivity index is 2.24. The van der Waals surface area contributed by atoms with E-state index in [1.807, 2.05) is 6.07 Å². The van der Waals surface area contributed by atoms with Crippen molar-refractivity contribution in [3.05, 3.63) is 35.4 Å². The van der Waals surface area contributed by atoms with Crippen LogP contribution in [0, 0.1) is 11.3 Å². The van der Waals surface area contributed by atoms with Crippen molar-refractivity contribution in [2.45, 2.75) is 25.8 Å². The van der Waals surface area contributed by atoms with Crippen LogP contribution in [-0.2, 0) is 6.54 Å². The Morgan fingerprint density at radius 1 is 1.15 bits per heavy atom. The van der Waals surface area contributed by atoms with Gasteiger partial charge in [0.25, 0.3) is 0 Å². The molecule has 0 aliphatic heterocycles. The fourth-order valence-electron chi connectivity index (χ4n) is 1.54. The molecule has 20 heavy (non-hydrogen) atoms. The number of nitrogens with zero attached hydrogens (tertiary/aromatic N) is 1. The molecule has 1 aromatic carbocycles. The fraction of sp³-hybridized carbons (Fsp3) is 0.357. The van der Waals surface area contributed by atoms with Gasteiger partial charge in [0.15, 0.2) is 0 Å². The highest BCUT2D eigenvalue weighted by Crippen LogP contribution is 2.04. The number of urea groups is 1. The Labute approximate surface area is 117 Å². The predicted molar refractivity (Wildman–Crippen MR) is 73.1 cm³/mol. The molecule has 3 N–H and O–H groups in total. The van der Waals surface area contributed by atoms with Crippen LogP contribution in [0.25, 0.3) is 0 Å². The lowest BCUT2D eigenvalue weighted by Gasteiger charge is -2.07. The first-order chi connectivity index (χ1) is 9.63. The number of carboxylic acid groups (broad SMARTS) is 1. The third-order valence-corrected chi connectivity index (χ3v) is 2.65. The summed E-state index contributed by atoms with van der Waals surface area (Å²) in [4.78, 5) is 22.1. The maximum atomic E-state index is 11.4. The molecule has 0 radical (unpaired) electrons. The van der Waals surface area contributed by atoms with Gasteiger partial charge in [-0.2, -0.15) is 5.26 Å². The normalized spacial score (nSPS) is 9.55. The van der Waals surface area contributed by atoms with Gasteiger partial charge in [-0.05, 0) is 30.5 Å². The third-order valence-electron chi connectivity index (χ3n) is 2.65. The van der Waals surface area contributed by atoms with Gasteiger partial charge in [0.2, 0.25) is 0 Å². The Morgan fingerprint density at radius 2 is 1.85 bits per heavy atom. The van der Waals surface area contributed by atoms with Crippen LogP contribution < -0.4 is 10.6 Å². The molecule has 0 aliphatic rings. The molecule has 1 aromatic rings. The van der Waals surface area contributed by atoms with Crippen LogP contribution in [0.4, 0.5) is 4.79 Å². The van der Waals surface area contributed by atoms with E-state index in [2.05, 4.69) is 10.6 Å². The number of hydrogen-bond acceptors (Lipinski definition) is 3. The van der Waals surface area contributed by atoms with Crippen LogP contribution in [-0.4, -0.2) is 23.7 Å². The maximum Gasteiger partial charge on any atom is 0.335 e. The number of rotatable bonds is 7. The van der Waals surface area contributed by atoms with Crippen LogP contribution in [0.5, 0.6) is 0 Å². The molecule has 1 rings (SSSR count). The minimum Gasteiger partial charge on any atom is -0.478 e. The van der Waals surface area contributed by atoms with Crippen molar-refractivity contribution in [1.29, 1.82) is 5.26 Å². The predicted octanol–water partition coefficient (Wildman–Crippen LogP) is 1.88. The minimum atomic E-state index is -0.973. The maximum absolute atomic E-state index is 11.4. The molecule has 106 valence electrons. The molecule has 0 unspecified atom stereocenters. The van der Waals surface area contributed by atoms with Gasteiger partial charge in [-0.25, -0.2) is 9.59 Å². The lowest BCUT2D eigenvalue weighted by atomic mass is 10.1. The molecule has 6 nitrogen and oxygen atoms in total. The molecule has 0 saturated carbocycles. The largest absolute Gasteiger partial charge is 0.478 e.